The average molecular weight is 242 g/mol. The Kier molecular flexibility index (Phi) is 3.48. The summed E-state index contributed by atoms with van der Waals surface area (Å²) in [6, 6.07) is 7.74. The summed E-state index contributed by atoms with van der Waals surface area (Å²) in [7, 11) is -3.48. The van der Waals surface area contributed by atoms with Crippen molar-refractivity contribution in [2.75, 3.05) is 11.6 Å². The smallest absolute Gasteiger partial charge is 0.306 e. The van der Waals surface area contributed by atoms with E-state index in [1.165, 1.54) is 0 Å². The first-order valence-corrected chi connectivity index (χ1v) is 6.67. The first kappa shape index (κ1) is 12.8. The van der Waals surface area contributed by atoms with E-state index in [9.17, 15) is 8.42 Å². The zero-order valence-electron chi connectivity index (χ0n) is 9.87. The van der Waals surface area contributed by atoms with Crippen LogP contribution in [-0.4, -0.2) is 20.2 Å². The first-order valence-electron chi connectivity index (χ1n) is 4.85. The topological polar surface area (TPSA) is 55.4 Å². The van der Waals surface area contributed by atoms with Gasteiger partial charge in [-0.1, -0.05) is 0 Å². The fraction of sp³-hybridized carbons (Fsp3) is 0.455. The molecule has 0 aromatic heterocycles. The Morgan fingerprint density at radius 3 is 2.50 bits per heavy atom. The van der Waals surface area contributed by atoms with E-state index in [1.807, 2.05) is 20.8 Å². The van der Waals surface area contributed by atoms with Crippen LogP contribution in [0.2, 0.25) is 0 Å². The van der Waals surface area contributed by atoms with Crippen LogP contribution in [0.1, 0.15) is 20.8 Å². The van der Waals surface area contributed by atoms with Crippen molar-refractivity contribution in [3.05, 3.63) is 24.3 Å². The SMILES string of the molecule is CC(C)(C)Nc1[c]ccc(OS(C)(=O)=O)c1. The van der Waals surface area contributed by atoms with Gasteiger partial charge in [0.25, 0.3) is 0 Å². The number of hydrogen-bond acceptors (Lipinski definition) is 4. The van der Waals surface area contributed by atoms with E-state index in [1.54, 1.807) is 18.2 Å². The molecule has 1 N–H and O–H groups in total. The fourth-order valence-electron chi connectivity index (χ4n) is 1.15. The molecule has 1 aromatic carbocycles. The van der Waals surface area contributed by atoms with Crippen molar-refractivity contribution < 1.29 is 12.6 Å². The number of nitrogens with one attached hydrogen (secondary N) is 1. The van der Waals surface area contributed by atoms with Crippen molar-refractivity contribution in [2.24, 2.45) is 0 Å². The van der Waals surface area contributed by atoms with Crippen LogP contribution in [0.4, 0.5) is 5.69 Å². The van der Waals surface area contributed by atoms with Gasteiger partial charge in [-0.25, -0.2) is 0 Å². The van der Waals surface area contributed by atoms with E-state index in [2.05, 4.69) is 11.4 Å². The second kappa shape index (κ2) is 4.33. The van der Waals surface area contributed by atoms with Crippen molar-refractivity contribution in [1.29, 1.82) is 0 Å². The standard InChI is InChI=1S/C11H16NO3S/c1-11(2,3)12-9-6-5-7-10(8-9)15-16(4,13)14/h5,7-8,12H,1-4H3. The van der Waals surface area contributed by atoms with Gasteiger partial charge in [0.2, 0.25) is 0 Å². The lowest BCUT2D eigenvalue weighted by atomic mass is 10.1. The molecule has 0 spiro atoms. The summed E-state index contributed by atoms with van der Waals surface area (Å²) in [5.41, 5.74) is 0.592. The summed E-state index contributed by atoms with van der Waals surface area (Å²) < 4.78 is 26.7. The van der Waals surface area contributed by atoms with Crippen LogP contribution < -0.4 is 9.50 Å². The lowest BCUT2D eigenvalue weighted by molar-refractivity contribution is 0.493. The maximum atomic E-state index is 10.9. The van der Waals surface area contributed by atoms with Gasteiger partial charge in [-0.2, -0.15) is 8.42 Å². The Labute approximate surface area is 96.8 Å². The molecule has 1 aromatic rings. The molecule has 0 fully saturated rings. The van der Waals surface area contributed by atoms with Crippen LogP contribution in [0.5, 0.6) is 5.75 Å². The molecule has 16 heavy (non-hydrogen) atoms. The van der Waals surface area contributed by atoms with Gasteiger partial charge >= 0.3 is 10.1 Å². The van der Waals surface area contributed by atoms with Crippen molar-refractivity contribution in [3.63, 3.8) is 0 Å². The van der Waals surface area contributed by atoms with Gasteiger partial charge in [0.1, 0.15) is 5.75 Å². The minimum atomic E-state index is -3.48. The summed E-state index contributed by atoms with van der Waals surface area (Å²) in [5.74, 6) is 0.285. The normalized spacial score (nSPS) is 12.2. The maximum Gasteiger partial charge on any atom is 0.306 e. The van der Waals surface area contributed by atoms with E-state index in [0.29, 0.717) is 5.69 Å². The summed E-state index contributed by atoms with van der Waals surface area (Å²) in [6.45, 7) is 6.01. The Hall–Kier alpha value is -1.23. The van der Waals surface area contributed by atoms with Gasteiger partial charge in [-0.3, -0.25) is 0 Å². The van der Waals surface area contributed by atoms with Gasteiger partial charge in [0, 0.05) is 23.4 Å². The third-order valence-electron chi connectivity index (χ3n) is 1.53. The molecule has 0 bridgehead atoms. The van der Waals surface area contributed by atoms with Gasteiger partial charge < -0.3 is 9.50 Å². The molecule has 0 unspecified atom stereocenters. The predicted octanol–water partition coefficient (Wildman–Crippen LogP) is 2.04. The molecule has 0 saturated heterocycles. The van der Waals surface area contributed by atoms with E-state index < -0.39 is 10.1 Å². The van der Waals surface area contributed by atoms with Crippen LogP contribution in [0.25, 0.3) is 0 Å². The van der Waals surface area contributed by atoms with Crippen LogP contribution in [0.3, 0.4) is 0 Å². The third kappa shape index (κ3) is 5.02. The fourth-order valence-corrected chi connectivity index (χ4v) is 1.60. The van der Waals surface area contributed by atoms with Crippen molar-refractivity contribution >= 4 is 15.8 Å². The molecular weight excluding hydrogens is 226 g/mol. The van der Waals surface area contributed by atoms with Gasteiger partial charge in [0.15, 0.2) is 0 Å². The van der Waals surface area contributed by atoms with E-state index in [-0.39, 0.29) is 11.3 Å². The summed E-state index contributed by atoms with van der Waals surface area (Å²) in [6.07, 6.45) is 1.01. The van der Waals surface area contributed by atoms with Crippen LogP contribution in [0, 0.1) is 6.07 Å². The molecular formula is C11H16NO3S. The molecule has 0 saturated carbocycles. The number of hydrogen-bond donors (Lipinski definition) is 1. The molecule has 1 rings (SSSR count). The Bertz CT molecular complexity index is 460. The van der Waals surface area contributed by atoms with Gasteiger partial charge in [-0.15, -0.1) is 0 Å². The Morgan fingerprint density at radius 1 is 1.38 bits per heavy atom. The molecule has 89 valence electrons. The Balaban J connectivity index is 2.88. The molecule has 5 heteroatoms. The van der Waals surface area contributed by atoms with Crippen molar-refractivity contribution in [3.8, 4) is 5.75 Å². The Morgan fingerprint density at radius 2 is 2.00 bits per heavy atom. The molecule has 0 aliphatic rings. The zero-order valence-corrected chi connectivity index (χ0v) is 10.7. The number of benzene rings is 1. The van der Waals surface area contributed by atoms with Gasteiger partial charge in [-0.05, 0) is 32.9 Å². The molecule has 0 atom stereocenters. The quantitative estimate of drug-likeness (QED) is 0.824. The molecule has 0 amide bonds. The lowest BCUT2D eigenvalue weighted by Crippen LogP contribution is -2.26. The molecule has 1 radical (unpaired) electrons. The highest BCUT2D eigenvalue weighted by Gasteiger charge is 2.10. The monoisotopic (exact) mass is 242 g/mol. The third-order valence-corrected chi connectivity index (χ3v) is 2.03. The highest BCUT2D eigenvalue weighted by molar-refractivity contribution is 7.86. The summed E-state index contributed by atoms with van der Waals surface area (Å²) >= 11 is 0. The summed E-state index contributed by atoms with van der Waals surface area (Å²) in [4.78, 5) is 0. The molecule has 4 nitrogen and oxygen atoms in total. The first-order chi connectivity index (χ1) is 7.16. The molecule has 0 aliphatic carbocycles. The second-order valence-corrected chi connectivity index (χ2v) is 6.18. The van der Waals surface area contributed by atoms with Crippen molar-refractivity contribution in [2.45, 2.75) is 26.3 Å². The highest BCUT2D eigenvalue weighted by atomic mass is 32.2. The van der Waals surface area contributed by atoms with Crippen LogP contribution in [0.15, 0.2) is 18.2 Å². The minimum absolute atomic E-state index is 0.111. The number of anilines is 1. The molecule has 0 heterocycles. The van der Waals surface area contributed by atoms with Crippen molar-refractivity contribution in [1.82, 2.24) is 0 Å². The van der Waals surface area contributed by atoms with E-state index in [0.717, 1.165) is 6.26 Å². The predicted molar refractivity (Wildman–Crippen MR) is 64.1 cm³/mol. The van der Waals surface area contributed by atoms with E-state index >= 15 is 0 Å². The second-order valence-electron chi connectivity index (χ2n) is 4.60. The zero-order chi connectivity index (χ0) is 12.4. The maximum absolute atomic E-state index is 10.9. The lowest BCUT2D eigenvalue weighted by Gasteiger charge is -2.22. The van der Waals surface area contributed by atoms with E-state index in [4.69, 9.17) is 4.18 Å². The van der Waals surface area contributed by atoms with Crippen LogP contribution in [-0.2, 0) is 10.1 Å². The average Bonchev–Trinajstić information content (AvgIpc) is 1.96. The minimum Gasteiger partial charge on any atom is -0.383 e. The number of rotatable bonds is 3. The largest absolute Gasteiger partial charge is 0.383 e. The molecule has 0 aliphatic heterocycles. The highest BCUT2D eigenvalue weighted by Crippen LogP contribution is 2.20. The van der Waals surface area contributed by atoms with Gasteiger partial charge in [0.05, 0.1) is 6.26 Å². The van der Waals surface area contributed by atoms with Crippen LogP contribution >= 0.6 is 0 Å². The summed E-state index contributed by atoms with van der Waals surface area (Å²) in [5, 5.41) is 3.18.